The maximum atomic E-state index is 13.9. The molecule has 0 aliphatic rings. The molecule has 0 saturated carbocycles. The molecule has 0 unspecified atom stereocenters. The topological polar surface area (TPSA) is 75.8 Å². The van der Waals surface area contributed by atoms with Gasteiger partial charge in [0.15, 0.2) is 16.4 Å². The maximum absolute atomic E-state index is 13.9. The first-order valence-corrected chi connectivity index (χ1v) is 9.47. The number of oxazole rings is 1. The molecule has 2 N–H and O–H groups in total. The van der Waals surface area contributed by atoms with E-state index in [1.54, 1.807) is 29.1 Å². The van der Waals surface area contributed by atoms with Crippen LogP contribution in [0, 0.1) is 16.4 Å². The molecule has 4 rings (SSSR count). The number of carbonyl (C=O) groups excluding carboxylic acids is 1. The molecule has 2 aromatic carbocycles. The molecular weight excluding hydrogens is 410 g/mol. The Morgan fingerprint density at radius 3 is 2.70 bits per heavy atom. The molecule has 0 radical (unpaired) electrons. The number of hydrogen-bond donors (Lipinski definition) is 2. The predicted octanol–water partition coefficient (Wildman–Crippen LogP) is 5.04. The van der Waals surface area contributed by atoms with Gasteiger partial charge < -0.3 is 14.7 Å². The van der Waals surface area contributed by atoms with Crippen molar-refractivity contribution in [2.24, 2.45) is 0 Å². The van der Waals surface area contributed by atoms with Gasteiger partial charge in [0.05, 0.1) is 11.8 Å². The van der Waals surface area contributed by atoms with E-state index in [0.717, 1.165) is 17.8 Å². The van der Waals surface area contributed by atoms with Crippen LogP contribution >= 0.6 is 12.2 Å². The van der Waals surface area contributed by atoms with E-state index in [1.807, 2.05) is 12.1 Å². The monoisotopic (exact) mass is 426 g/mol. The van der Waals surface area contributed by atoms with E-state index in [4.69, 9.17) is 16.6 Å². The smallest absolute Gasteiger partial charge is 0.224 e. The second kappa shape index (κ2) is 8.42. The Kier molecular flexibility index (Phi) is 5.53. The van der Waals surface area contributed by atoms with Gasteiger partial charge in [-0.05, 0) is 42.5 Å². The number of halogens is 2. The largest absolute Gasteiger partial charge is 0.441 e. The summed E-state index contributed by atoms with van der Waals surface area (Å²) < 4.78 is 35.5. The zero-order valence-corrected chi connectivity index (χ0v) is 16.4. The Bertz CT molecular complexity index is 1240. The zero-order chi connectivity index (χ0) is 21.1. The lowest BCUT2D eigenvalue weighted by molar-refractivity contribution is -0.116. The number of aryl methyl sites for hydroxylation is 1. The fourth-order valence-electron chi connectivity index (χ4n) is 2.98. The maximum Gasteiger partial charge on any atom is 0.224 e. The number of imidazole rings is 1. The number of H-pyrrole nitrogens is 1. The summed E-state index contributed by atoms with van der Waals surface area (Å²) in [6.45, 7) is 0. The highest BCUT2D eigenvalue weighted by Crippen LogP contribution is 2.26. The molecule has 0 aliphatic heterocycles. The van der Waals surface area contributed by atoms with Gasteiger partial charge in [0.2, 0.25) is 5.91 Å². The van der Waals surface area contributed by atoms with Crippen molar-refractivity contribution in [3.05, 3.63) is 83.4 Å². The van der Waals surface area contributed by atoms with Crippen LogP contribution < -0.4 is 5.32 Å². The van der Waals surface area contributed by atoms with Crippen molar-refractivity contribution in [1.82, 2.24) is 14.5 Å². The number of benzene rings is 2. The van der Waals surface area contributed by atoms with Crippen molar-refractivity contribution >= 4 is 23.8 Å². The number of anilines is 1. The molecule has 2 aromatic heterocycles. The molecule has 0 aliphatic carbocycles. The van der Waals surface area contributed by atoms with E-state index in [0.29, 0.717) is 10.5 Å². The van der Waals surface area contributed by atoms with Gasteiger partial charge in [-0.2, -0.15) is 0 Å². The first-order valence-electron chi connectivity index (χ1n) is 9.06. The standard InChI is InChI=1S/C21H16F2N4O2S/c22-15-5-2-6-16(23)20(15)17-12-25-19(29-17)8-7-18(28)26-13-3-1-4-14(11-13)27-10-9-24-21(27)30/h1-6,9-12H,7-8H2,(H,24,30)(H,26,28). The summed E-state index contributed by atoms with van der Waals surface area (Å²) in [6, 6.07) is 10.8. The van der Waals surface area contributed by atoms with Crippen molar-refractivity contribution in [3.8, 4) is 17.0 Å². The van der Waals surface area contributed by atoms with Crippen LogP contribution in [0.2, 0.25) is 0 Å². The Balaban J connectivity index is 1.40. The van der Waals surface area contributed by atoms with Crippen LogP contribution in [0.5, 0.6) is 0 Å². The summed E-state index contributed by atoms with van der Waals surface area (Å²) in [7, 11) is 0. The number of nitrogens with one attached hydrogen (secondary N) is 2. The van der Waals surface area contributed by atoms with Gasteiger partial charge in [-0.1, -0.05) is 12.1 Å². The van der Waals surface area contributed by atoms with Gasteiger partial charge in [0.1, 0.15) is 11.6 Å². The molecular formula is C21H16F2N4O2S. The van der Waals surface area contributed by atoms with Crippen molar-refractivity contribution in [2.45, 2.75) is 12.8 Å². The lowest BCUT2D eigenvalue weighted by atomic mass is 10.1. The van der Waals surface area contributed by atoms with Crippen molar-refractivity contribution in [3.63, 3.8) is 0 Å². The molecule has 152 valence electrons. The SMILES string of the molecule is O=C(CCc1ncc(-c2c(F)cccc2F)o1)Nc1cccc(-n2cc[nH]c2=S)c1. The number of aromatic nitrogens is 3. The summed E-state index contributed by atoms with van der Waals surface area (Å²) in [5, 5.41) is 2.80. The molecule has 2 heterocycles. The van der Waals surface area contributed by atoms with Crippen LogP contribution in [-0.4, -0.2) is 20.4 Å². The second-order valence-corrected chi connectivity index (χ2v) is 6.84. The van der Waals surface area contributed by atoms with E-state index < -0.39 is 11.6 Å². The molecule has 4 aromatic rings. The molecule has 6 nitrogen and oxygen atoms in total. The second-order valence-electron chi connectivity index (χ2n) is 6.45. The number of rotatable bonds is 6. The molecule has 1 amide bonds. The first kappa shape index (κ1) is 19.7. The Labute approximate surface area is 175 Å². The van der Waals surface area contributed by atoms with Gasteiger partial charge in [-0.25, -0.2) is 13.8 Å². The Hall–Kier alpha value is -3.59. The van der Waals surface area contributed by atoms with Gasteiger partial charge in [-0.15, -0.1) is 0 Å². The van der Waals surface area contributed by atoms with E-state index in [-0.39, 0.29) is 36.0 Å². The summed E-state index contributed by atoms with van der Waals surface area (Å²) in [5.41, 5.74) is 1.14. The van der Waals surface area contributed by atoms with Gasteiger partial charge in [-0.3, -0.25) is 9.36 Å². The molecule has 0 spiro atoms. The van der Waals surface area contributed by atoms with Gasteiger partial charge >= 0.3 is 0 Å². The molecule has 0 fully saturated rings. The molecule has 0 atom stereocenters. The molecule has 30 heavy (non-hydrogen) atoms. The average Bonchev–Trinajstić information content (AvgIpc) is 3.36. The molecule has 0 bridgehead atoms. The first-order chi connectivity index (χ1) is 14.5. The fraction of sp³-hybridized carbons (Fsp3) is 0.0952. The van der Waals surface area contributed by atoms with Crippen molar-refractivity contribution in [1.29, 1.82) is 0 Å². The normalized spacial score (nSPS) is 10.9. The lowest BCUT2D eigenvalue weighted by Gasteiger charge is -2.07. The van der Waals surface area contributed by atoms with E-state index in [1.165, 1.54) is 12.3 Å². The highest BCUT2D eigenvalue weighted by Gasteiger charge is 2.16. The van der Waals surface area contributed by atoms with Crippen molar-refractivity contribution in [2.75, 3.05) is 5.32 Å². The van der Waals surface area contributed by atoms with Crippen LogP contribution in [0.1, 0.15) is 12.3 Å². The van der Waals surface area contributed by atoms with Crippen LogP contribution in [0.15, 0.2) is 65.5 Å². The van der Waals surface area contributed by atoms with E-state index >= 15 is 0 Å². The third kappa shape index (κ3) is 4.20. The Morgan fingerprint density at radius 2 is 1.97 bits per heavy atom. The minimum Gasteiger partial charge on any atom is -0.441 e. The van der Waals surface area contributed by atoms with Gasteiger partial charge in [0, 0.05) is 36.6 Å². The minimum atomic E-state index is -0.738. The van der Waals surface area contributed by atoms with Crippen LogP contribution in [-0.2, 0) is 11.2 Å². The number of carbonyl (C=O) groups is 1. The highest BCUT2D eigenvalue weighted by atomic mass is 32.1. The van der Waals surface area contributed by atoms with E-state index in [2.05, 4.69) is 15.3 Å². The highest BCUT2D eigenvalue weighted by molar-refractivity contribution is 7.71. The fourth-order valence-corrected chi connectivity index (χ4v) is 3.21. The number of aromatic amines is 1. The third-order valence-electron chi connectivity index (χ3n) is 4.39. The summed E-state index contributed by atoms with van der Waals surface area (Å²) in [6.07, 6.45) is 5.05. The number of hydrogen-bond acceptors (Lipinski definition) is 4. The van der Waals surface area contributed by atoms with Crippen LogP contribution in [0.25, 0.3) is 17.0 Å². The Morgan fingerprint density at radius 1 is 1.20 bits per heavy atom. The lowest BCUT2D eigenvalue weighted by Crippen LogP contribution is -2.12. The average molecular weight is 426 g/mol. The van der Waals surface area contributed by atoms with E-state index in [9.17, 15) is 13.6 Å². The zero-order valence-electron chi connectivity index (χ0n) is 15.6. The minimum absolute atomic E-state index is 0.0167. The summed E-state index contributed by atoms with van der Waals surface area (Å²) in [5.74, 6) is -1.52. The van der Waals surface area contributed by atoms with Crippen LogP contribution in [0.4, 0.5) is 14.5 Å². The molecule has 0 saturated heterocycles. The summed E-state index contributed by atoms with van der Waals surface area (Å²) in [4.78, 5) is 19.2. The third-order valence-corrected chi connectivity index (χ3v) is 4.70. The number of nitrogens with zero attached hydrogens (tertiary/aromatic N) is 2. The summed E-state index contributed by atoms with van der Waals surface area (Å²) >= 11 is 5.20. The van der Waals surface area contributed by atoms with Gasteiger partial charge in [0.25, 0.3) is 0 Å². The molecule has 9 heteroatoms. The quantitative estimate of drug-likeness (QED) is 0.424. The van der Waals surface area contributed by atoms with Crippen LogP contribution in [0.3, 0.4) is 0 Å². The van der Waals surface area contributed by atoms with Crippen molar-refractivity contribution < 1.29 is 18.0 Å². The predicted molar refractivity (Wildman–Crippen MR) is 110 cm³/mol. The number of amides is 1.